The quantitative estimate of drug-likeness (QED) is 0.626. The third kappa shape index (κ3) is 1.47. The zero-order chi connectivity index (χ0) is 8.58. The van der Waals surface area contributed by atoms with Crippen LogP contribution in [0.3, 0.4) is 0 Å². The Kier molecular flexibility index (Phi) is 2.10. The predicted molar refractivity (Wildman–Crippen MR) is 38.5 cm³/mol. The average Bonchev–Trinajstić information content (AvgIpc) is 1.62. The zero-order valence-corrected chi connectivity index (χ0v) is 6.99. The number of hydrogen-bond acceptors (Lipinski definition) is 3. The van der Waals surface area contributed by atoms with Gasteiger partial charge in [0.15, 0.2) is 0 Å². The highest BCUT2D eigenvalue weighted by molar-refractivity contribution is 7.93. The van der Waals surface area contributed by atoms with Gasteiger partial charge in [-0.15, -0.1) is 0 Å². The fraction of sp³-hybridized carbons (Fsp3) is 0.800. The summed E-state index contributed by atoms with van der Waals surface area (Å²) in [6.45, 7) is 2.56. The highest BCUT2D eigenvalue weighted by Crippen LogP contribution is 2.15. The van der Waals surface area contributed by atoms with Gasteiger partial charge in [-0.25, -0.2) is 4.21 Å². The van der Waals surface area contributed by atoms with Gasteiger partial charge in [0.25, 0.3) is 0 Å². The van der Waals surface area contributed by atoms with Gasteiger partial charge in [0.1, 0.15) is 4.75 Å². The summed E-state index contributed by atoms with van der Waals surface area (Å²) >= 11 is 0. The van der Waals surface area contributed by atoms with Crippen molar-refractivity contribution in [1.29, 1.82) is 4.78 Å². The van der Waals surface area contributed by atoms with Crippen molar-refractivity contribution in [1.82, 2.24) is 0 Å². The minimum Gasteiger partial charge on any atom is -0.480 e. The molecule has 0 aliphatic rings. The van der Waals surface area contributed by atoms with Crippen LogP contribution in [0.25, 0.3) is 0 Å². The molecule has 1 unspecified atom stereocenters. The van der Waals surface area contributed by atoms with Gasteiger partial charge < -0.3 is 5.11 Å². The molecule has 0 aliphatic heterocycles. The zero-order valence-electron chi connectivity index (χ0n) is 6.17. The fourth-order valence-electron chi connectivity index (χ4n) is 0.167. The van der Waals surface area contributed by atoms with Gasteiger partial charge in [-0.2, -0.15) is 0 Å². The first-order valence-corrected chi connectivity index (χ1v) is 4.63. The van der Waals surface area contributed by atoms with Crippen LogP contribution in [-0.2, 0) is 14.5 Å². The number of aliphatic carboxylic acids is 1. The number of nitrogens with one attached hydrogen (secondary N) is 1. The Morgan fingerprint density at radius 3 is 1.90 bits per heavy atom. The summed E-state index contributed by atoms with van der Waals surface area (Å²) in [5, 5.41) is 8.48. The summed E-state index contributed by atoms with van der Waals surface area (Å²) in [6, 6.07) is 0. The lowest BCUT2D eigenvalue weighted by atomic mass is 10.2. The summed E-state index contributed by atoms with van der Waals surface area (Å²) in [6.07, 6.45) is 1.13. The molecule has 0 amide bonds. The Morgan fingerprint density at radius 2 is 1.90 bits per heavy atom. The molecule has 0 aromatic carbocycles. The van der Waals surface area contributed by atoms with E-state index in [0.717, 1.165) is 6.26 Å². The molecule has 4 nitrogen and oxygen atoms in total. The molecular formula is C5H11NO3S. The molecule has 0 fully saturated rings. The molecular weight excluding hydrogens is 154 g/mol. The molecule has 0 saturated carbocycles. The monoisotopic (exact) mass is 165 g/mol. The van der Waals surface area contributed by atoms with Crippen molar-refractivity contribution in [2.45, 2.75) is 18.6 Å². The Balaban J connectivity index is 4.95. The van der Waals surface area contributed by atoms with Gasteiger partial charge in [0.2, 0.25) is 0 Å². The van der Waals surface area contributed by atoms with Crippen molar-refractivity contribution < 1.29 is 14.1 Å². The highest BCUT2D eigenvalue weighted by atomic mass is 32.2. The van der Waals surface area contributed by atoms with Crippen LogP contribution in [0.4, 0.5) is 0 Å². The van der Waals surface area contributed by atoms with Crippen molar-refractivity contribution in [3.63, 3.8) is 0 Å². The van der Waals surface area contributed by atoms with Crippen molar-refractivity contribution in [2.75, 3.05) is 6.26 Å². The van der Waals surface area contributed by atoms with E-state index in [0.29, 0.717) is 0 Å². The molecule has 0 bridgehead atoms. The van der Waals surface area contributed by atoms with E-state index in [1.807, 2.05) is 0 Å². The van der Waals surface area contributed by atoms with Gasteiger partial charge in [-0.05, 0) is 13.8 Å². The Labute approximate surface area is 60.2 Å². The number of carboxylic acids is 1. The molecule has 0 saturated heterocycles. The van der Waals surface area contributed by atoms with Crippen molar-refractivity contribution in [2.24, 2.45) is 0 Å². The molecule has 1 atom stereocenters. The molecule has 60 valence electrons. The topological polar surface area (TPSA) is 78.2 Å². The van der Waals surface area contributed by atoms with E-state index >= 15 is 0 Å². The van der Waals surface area contributed by atoms with E-state index in [-0.39, 0.29) is 0 Å². The second kappa shape index (κ2) is 2.23. The molecule has 10 heavy (non-hydrogen) atoms. The van der Waals surface area contributed by atoms with Crippen LogP contribution in [0.15, 0.2) is 0 Å². The maximum atomic E-state index is 10.9. The van der Waals surface area contributed by atoms with Gasteiger partial charge in [0.05, 0.1) is 9.73 Å². The van der Waals surface area contributed by atoms with Crippen LogP contribution in [0.5, 0.6) is 0 Å². The van der Waals surface area contributed by atoms with Crippen LogP contribution in [0, 0.1) is 4.78 Å². The molecule has 0 aromatic rings. The third-order valence-electron chi connectivity index (χ3n) is 1.49. The highest BCUT2D eigenvalue weighted by Gasteiger charge is 2.35. The Hall–Kier alpha value is -0.580. The minimum atomic E-state index is -3.00. The van der Waals surface area contributed by atoms with Gasteiger partial charge in [-0.1, -0.05) is 0 Å². The molecule has 0 spiro atoms. The maximum absolute atomic E-state index is 10.9. The lowest BCUT2D eigenvalue weighted by Crippen LogP contribution is -2.38. The molecule has 0 heterocycles. The van der Waals surface area contributed by atoms with E-state index in [1.54, 1.807) is 0 Å². The maximum Gasteiger partial charge on any atom is 0.322 e. The lowest BCUT2D eigenvalue weighted by Gasteiger charge is -2.18. The molecule has 0 radical (unpaired) electrons. The first kappa shape index (κ1) is 9.42. The van der Waals surface area contributed by atoms with Crippen molar-refractivity contribution in [3.05, 3.63) is 0 Å². The number of carboxylic acid groups (broad SMARTS) is 1. The SMILES string of the molecule is CC(C)(C(=O)O)S(C)(=N)=O. The summed E-state index contributed by atoms with van der Waals surface area (Å²) in [5.74, 6) is -1.20. The van der Waals surface area contributed by atoms with E-state index in [1.165, 1.54) is 13.8 Å². The van der Waals surface area contributed by atoms with Crippen LogP contribution in [-0.4, -0.2) is 26.3 Å². The molecule has 5 heteroatoms. The summed E-state index contributed by atoms with van der Waals surface area (Å²) in [5.41, 5.74) is 0. The first-order chi connectivity index (χ1) is 4.19. The predicted octanol–water partition coefficient (Wildman–Crippen LogP) is 0.526. The summed E-state index contributed by atoms with van der Waals surface area (Å²) < 4.78 is 16.5. The fourth-order valence-corrected chi connectivity index (χ4v) is 0.500. The van der Waals surface area contributed by atoms with Gasteiger partial charge in [-0.3, -0.25) is 9.57 Å². The summed E-state index contributed by atoms with van der Waals surface area (Å²) in [7, 11) is -3.00. The van der Waals surface area contributed by atoms with Gasteiger partial charge in [0, 0.05) is 6.26 Å². The minimum absolute atomic E-state index is 1.13. The first-order valence-electron chi connectivity index (χ1n) is 2.66. The van der Waals surface area contributed by atoms with Crippen LogP contribution in [0.2, 0.25) is 0 Å². The summed E-state index contributed by atoms with van der Waals surface area (Å²) in [4.78, 5) is 10.4. The van der Waals surface area contributed by atoms with E-state index in [4.69, 9.17) is 9.89 Å². The average molecular weight is 165 g/mol. The van der Waals surface area contributed by atoms with Gasteiger partial charge >= 0.3 is 5.97 Å². The Morgan fingerprint density at radius 1 is 1.60 bits per heavy atom. The number of rotatable bonds is 2. The smallest absolute Gasteiger partial charge is 0.322 e. The van der Waals surface area contributed by atoms with Crippen LogP contribution < -0.4 is 0 Å². The number of hydrogen-bond donors (Lipinski definition) is 2. The van der Waals surface area contributed by atoms with Crippen molar-refractivity contribution >= 4 is 15.7 Å². The van der Waals surface area contributed by atoms with E-state index in [9.17, 15) is 9.00 Å². The van der Waals surface area contributed by atoms with Crippen molar-refractivity contribution in [3.8, 4) is 0 Å². The number of carbonyl (C=O) groups is 1. The van der Waals surface area contributed by atoms with E-state index < -0.39 is 20.4 Å². The lowest BCUT2D eigenvalue weighted by molar-refractivity contribution is -0.139. The molecule has 2 N–H and O–H groups in total. The second-order valence-electron chi connectivity index (χ2n) is 2.66. The van der Waals surface area contributed by atoms with Crippen LogP contribution in [0.1, 0.15) is 13.8 Å². The molecule has 0 aromatic heterocycles. The molecule has 0 aliphatic carbocycles. The van der Waals surface area contributed by atoms with Crippen LogP contribution >= 0.6 is 0 Å². The second-order valence-corrected chi connectivity index (χ2v) is 5.37. The normalized spacial score (nSPS) is 17.9. The third-order valence-corrected chi connectivity index (χ3v) is 3.61. The molecule has 0 rings (SSSR count). The van der Waals surface area contributed by atoms with E-state index in [2.05, 4.69) is 0 Å². The standard InChI is InChI=1S/C5H11NO3S/c1-5(2,4(7)8)10(3,6)9/h6H,1-3H3,(H,7,8). The largest absolute Gasteiger partial charge is 0.480 e. The Bertz CT molecular complexity index is 240.